The molecule has 0 radical (unpaired) electrons. The van der Waals surface area contributed by atoms with Crippen LogP contribution in [0.4, 0.5) is 17.3 Å². The van der Waals surface area contributed by atoms with Gasteiger partial charge in [0.1, 0.15) is 28.8 Å². The molecule has 0 fully saturated rings. The molecule has 8 nitrogen and oxygen atoms in total. The average molecular weight is 439 g/mol. The minimum absolute atomic E-state index is 0.108. The summed E-state index contributed by atoms with van der Waals surface area (Å²) in [7, 11) is 1.54. The number of methoxy groups -OCH3 is 1. The fourth-order valence-electron chi connectivity index (χ4n) is 3.58. The van der Waals surface area contributed by atoms with Gasteiger partial charge in [0.2, 0.25) is 0 Å². The van der Waals surface area contributed by atoms with Crippen molar-refractivity contribution in [2.45, 2.75) is 0 Å². The third-order valence-corrected chi connectivity index (χ3v) is 5.20. The Labute approximate surface area is 189 Å². The molecule has 2 heterocycles. The second-order valence-electron chi connectivity index (χ2n) is 7.33. The number of fused-ring (bicyclic) bond motifs is 1. The van der Waals surface area contributed by atoms with Gasteiger partial charge in [0, 0.05) is 28.7 Å². The molecule has 0 spiro atoms. The number of hydrogen-bond donors (Lipinski definition) is 3. The first kappa shape index (κ1) is 20.2. The fourth-order valence-corrected chi connectivity index (χ4v) is 3.58. The molecule has 8 heteroatoms. The van der Waals surface area contributed by atoms with E-state index in [0.717, 1.165) is 28.0 Å². The van der Waals surface area contributed by atoms with Crippen molar-refractivity contribution in [1.82, 2.24) is 14.8 Å². The van der Waals surface area contributed by atoms with Crippen molar-refractivity contribution >= 4 is 28.1 Å². The zero-order valence-electron chi connectivity index (χ0n) is 17.8. The van der Waals surface area contributed by atoms with Gasteiger partial charge in [0.15, 0.2) is 5.82 Å². The number of ether oxygens (including phenoxy) is 2. The third-order valence-electron chi connectivity index (χ3n) is 5.20. The SMILES string of the molecule is COc1cc(O)ccc1-n1cc2c(Nc3ccc(Oc4ccccc4)cc3)nncc2c1N. The van der Waals surface area contributed by atoms with Gasteiger partial charge < -0.3 is 25.6 Å². The van der Waals surface area contributed by atoms with Crippen molar-refractivity contribution in [3.63, 3.8) is 0 Å². The number of para-hydroxylation sites is 1. The van der Waals surface area contributed by atoms with Crippen molar-refractivity contribution < 1.29 is 14.6 Å². The Balaban J connectivity index is 1.45. The molecule has 0 bridgehead atoms. The Bertz CT molecular complexity index is 1420. The second kappa shape index (κ2) is 8.43. The van der Waals surface area contributed by atoms with E-state index in [4.69, 9.17) is 15.2 Å². The quantitative estimate of drug-likeness (QED) is 0.331. The summed E-state index contributed by atoms with van der Waals surface area (Å²) in [5, 5.41) is 23.0. The molecule has 5 aromatic rings. The number of aromatic nitrogens is 3. The Morgan fingerprint density at radius 3 is 2.45 bits per heavy atom. The van der Waals surface area contributed by atoms with Crippen LogP contribution in [0.15, 0.2) is 85.2 Å². The summed E-state index contributed by atoms with van der Waals surface area (Å²) in [6.45, 7) is 0. The maximum absolute atomic E-state index is 9.78. The van der Waals surface area contributed by atoms with Crippen molar-refractivity contribution in [2.75, 3.05) is 18.2 Å². The smallest absolute Gasteiger partial charge is 0.162 e. The number of aromatic hydroxyl groups is 1. The van der Waals surface area contributed by atoms with Crippen LogP contribution < -0.4 is 20.5 Å². The van der Waals surface area contributed by atoms with Gasteiger partial charge in [-0.15, -0.1) is 5.10 Å². The molecule has 3 aromatic carbocycles. The molecule has 0 saturated heterocycles. The number of anilines is 3. The van der Waals surface area contributed by atoms with E-state index in [2.05, 4.69) is 15.5 Å². The van der Waals surface area contributed by atoms with E-state index in [0.29, 0.717) is 23.1 Å². The number of phenolic OH excluding ortho intramolecular Hbond substituents is 1. The molecular formula is C25H21N5O3. The number of nitrogens with one attached hydrogen (secondary N) is 1. The highest BCUT2D eigenvalue weighted by atomic mass is 16.5. The molecule has 2 aromatic heterocycles. The van der Waals surface area contributed by atoms with Crippen molar-refractivity contribution in [1.29, 1.82) is 0 Å². The van der Waals surface area contributed by atoms with Crippen LogP contribution in [0.5, 0.6) is 23.0 Å². The highest BCUT2D eigenvalue weighted by Gasteiger charge is 2.16. The van der Waals surface area contributed by atoms with Crippen LogP contribution in [0.3, 0.4) is 0 Å². The van der Waals surface area contributed by atoms with Gasteiger partial charge in [-0.2, -0.15) is 5.10 Å². The average Bonchev–Trinajstić information content (AvgIpc) is 3.18. The summed E-state index contributed by atoms with van der Waals surface area (Å²) >= 11 is 0. The zero-order valence-corrected chi connectivity index (χ0v) is 17.8. The number of benzene rings is 3. The number of rotatable bonds is 6. The van der Waals surface area contributed by atoms with Crippen LogP contribution in [0.2, 0.25) is 0 Å². The molecule has 33 heavy (non-hydrogen) atoms. The fraction of sp³-hybridized carbons (Fsp3) is 0.0400. The molecule has 0 aliphatic carbocycles. The van der Waals surface area contributed by atoms with Gasteiger partial charge in [-0.3, -0.25) is 4.57 Å². The number of nitrogen functional groups attached to an aromatic ring is 1. The maximum Gasteiger partial charge on any atom is 0.162 e. The number of phenols is 1. The standard InChI is InChI=1S/C25H21N5O3/c1-32-23-13-17(31)9-12-22(23)30-15-21-20(24(30)26)14-27-29-25(21)28-16-7-10-19(11-8-16)33-18-5-3-2-4-6-18/h2-15,31H,26H2,1H3,(H,28,29). The third kappa shape index (κ3) is 3.97. The first-order valence-electron chi connectivity index (χ1n) is 10.2. The Hall–Kier alpha value is -4.72. The Kier molecular flexibility index (Phi) is 5.16. The summed E-state index contributed by atoms with van der Waals surface area (Å²) < 4.78 is 13.0. The van der Waals surface area contributed by atoms with E-state index in [1.807, 2.05) is 60.8 Å². The minimum Gasteiger partial charge on any atom is -0.508 e. The van der Waals surface area contributed by atoms with E-state index in [1.54, 1.807) is 30.0 Å². The van der Waals surface area contributed by atoms with E-state index >= 15 is 0 Å². The summed E-state index contributed by atoms with van der Waals surface area (Å²) in [6.07, 6.45) is 3.49. The van der Waals surface area contributed by atoms with Crippen LogP contribution >= 0.6 is 0 Å². The number of nitrogens with two attached hydrogens (primary N) is 1. The normalized spacial score (nSPS) is 10.8. The lowest BCUT2D eigenvalue weighted by Crippen LogP contribution is -2.01. The van der Waals surface area contributed by atoms with E-state index in [-0.39, 0.29) is 5.75 Å². The van der Waals surface area contributed by atoms with Gasteiger partial charge >= 0.3 is 0 Å². The molecular weight excluding hydrogens is 418 g/mol. The predicted octanol–water partition coefficient (Wildman–Crippen LogP) is 5.25. The molecule has 0 amide bonds. The predicted molar refractivity (Wildman–Crippen MR) is 128 cm³/mol. The molecule has 0 unspecified atom stereocenters. The number of hydrogen-bond acceptors (Lipinski definition) is 7. The van der Waals surface area contributed by atoms with Crippen molar-refractivity contribution in [3.05, 3.63) is 85.2 Å². The van der Waals surface area contributed by atoms with Crippen LogP contribution in [0.25, 0.3) is 16.5 Å². The van der Waals surface area contributed by atoms with Crippen LogP contribution in [-0.4, -0.2) is 27.0 Å². The maximum atomic E-state index is 9.78. The molecule has 0 saturated carbocycles. The first-order valence-corrected chi connectivity index (χ1v) is 10.2. The Morgan fingerprint density at radius 1 is 0.939 bits per heavy atom. The lowest BCUT2D eigenvalue weighted by Gasteiger charge is -2.11. The molecule has 164 valence electrons. The second-order valence-corrected chi connectivity index (χ2v) is 7.33. The van der Waals surface area contributed by atoms with Crippen LogP contribution in [-0.2, 0) is 0 Å². The minimum atomic E-state index is 0.108. The molecule has 0 atom stereocenters. The molecule has 0 aliphatic heterocycles. The lowest BCUT2D eigenvalue weighted by molar-refractivity contribution is 0.406. The summed E-state index contributed by atoms with van der Waals surface area (Å²) in [6, 6.07) is 22.0. The Morgan fingerprint density at radius 2 is 1.70 bits per heavy atom. The van der Waals surface area contributed by atoms with Gasteiger partial charge in [0.05, 0.1) is 19.0 Å². The van der Waals surface area contributed by atoms with E-state index in [9.17, 15) is 5.11 Å². The van der Waals surface area contributed by atoms with Gasteiger partial charge in [-0.25, -0.2) is 0 Å². The van der Waals surface area contributed by atoms with Crippen LogP contribution in [0, 0.1) is 0 Å². The van der Waals surface area contributed by atoms with Gasteiger partial charge in [0.25, 0.3) is 0 Å². The monoisotopic (exact) mass is 439 g/mol. The summed E-state index contributed by atoms with van der Waals surface area (Å²) in [5.41, 5.74) is 7.94. The van der Waals surface area contributed by atoms with E-state index < -0.39 is 0 Å². The van der Waals surface area contributed by atoms with Crippen molar-refractivity contribution in [2.24, 2.45) is 0 Å². The summed E-state index contributed by atoms with van der Waals surface area (Å²) in [5.74, 6) is 3.15. The highest BCUT2D eigenvalue weighted by molar-refractivity contribution is 6.00. The topological polar surface area (TPSA) is 107 Å². The molecule has 0 aliphatic rings. The number of nitrogens with zero attached hydrogens (tertiary/aromatic N) is 3. The largest absolute Gasteiger partial charge is 0.508 e. The van der Waals surface area contributed by atoms with Crippen molar-refractivity contribution in [3.8, 4) is 28.7 Å². The first-order chi connectivity index (χ1) is 16.1. The lowest BCUT2D eigenvalue weighted by atomic mass is 10.2. The van der Waals surface area contributed by atoms with E-state index in [1.165, 1.54) is 6.07 Å². The van der Waals surface area contributed by atoms with Gasteiger partial charge in [-0.05, 0) is 48.5 Å². The summed E-state index contributed by atoms with van der Waals surface area (Å²) in [4.78, 5) is 0. The molecule has 5 rings (SSSR count). The van der Waals surface area contributed by atoms with Gasteiger partial charge in [-0.1, -0.05) is 18.2 Å². The van der Waals surface area contributed by atoms with Crippen LogP contribution in [0.1, 0.15) is 0 Å². The highest BCUT2D eigenvalue weighted by Crippen LogP contribution is 2.35. The molecule has 4 N–H and O–H groups in total. The zero-order chi connectivity index (χ0) is 22.8.